The Morgan fingerprint density at radius 3 is 2.39 bits per heavy atom. The van der Waals surface area contributed by atoms with Crippen molar-refractivity contribution in [2.45, 2.75) is 25.0 Å². The van der Waals surface area contributed by atoms with Gasteiger partial charge in [0.15, 0.2) is 0 Å². The predicted molar refractivity (Wildman–Crippen MR) is 113 cm³/mol. The fourth-order valence-corrected chi connectivity index (χ4v) is 3.88. The van der Waals surface area contributed by atoms with Crippen molar-refractivity contribution in [2.75, 3.05) is 10.6 Å². The maximum Gasteiger partial charge on any atom is 0.260 e. The Morgan fingerprint density at radius 2 is 1.68 bits per heavy atom. The molecule has 1 aliphatic rings. The average Bonchev–Trinajstić information content (AvgIpc) is 2.97. The van der Waals surface area contributed by atoms with Crippen LogP contribution in [0.1, 0.15) is 18.4 Å². The first kappa shape index (κ1) is 20.1. The summed E-state index contributed by atoms with van der Waals surface area (Å²) in [5.74, 6) is -0.993. The third kappa shape index (κ3) is 5.21. The third-order valence-electron chi connectivity index (χ3n) is 4.04. The highest BCUT2D eigenvalue weighted by molar-refractivity contribution is 8.15. The maximum atomic E-state index is 12.2. The fraction of sp³-hybridized carbons (Fsp3) is 0.200. The first-order valence-electron chi connectivity index (χ1n) is 8.60. The van der Waals surface area contributed by atoms with Gasteiger partial charge in [0, 0.05) is 12.1 Å². The molecule has 0 aromatic heterocycles. The quantitative estimate of drug-likeness (QED) is 0.745. The molecule has 0 fully saturated rings. The van der Waals surface area contributed by atoms with Crippen LogP contribution in [0.25, 0.3) is 0 Å². The van der Waals surface area contributed by atoms with Crippen LogP contribution in [-0.2, 0) is 14.4 Å². The van der Waals surface area contributed by atoms with Crippen molar-refractivity contribution in [3.63, 3.8) is 0 Å². The van der Waals surface area contributed by atoms with E-state index in [4.69, 9.17) is 11.6 Å². The van der Waals surface area contributed by atoms with Crippen molar-refractivity contribution < 1.29 is 14.4 Å². The Bertz CT molecular complexity index is 961. The van der Waals surface area contributed by atoms with Crippen LogP contribution in [0.2, 0.25) is 5.02 Å². The second-order valence-electron chi connectivity index (χ2n) is 6.22. The summed E-state index contributed by atoms with van der Waals surface area (Å²) in [6.45, 7) is 1.90. The topological polar surface area (TPSA) is 87.6 Å². The Morgan fingerprint density at radius 1 is 1.04 bits per heavy atom. The number of rotatable bonds is 6. The molecule has 144 valence electrons. The van der Waals surface area contributed by atoms with E-state index in [2.05, 4.69) is 15.6 Å². The summed E-state index contributed by atoms with van der Waals surface area (Å²) in [6, 6.07) is 14.3. The van der Waals surface area contributed by atoms with E-state index in [1.165, 1.54) is 0 Å². The number of amides is 3. The number of nitrogens with zero attached hydrogens (tertiary/aromatic N) is 1. The van der Waals surface area contributed by atoms with Crippen molar-refractivity contribution in [1.82, 2.24) is 0 Å². The second kappa shape index (κ2) is 9.03. The molecule has 2 N–H and O–H groups in total. The molecule has 0 aliphatic carbocycles. The molecular weight excluding hydrogens is 398 g/mol. The molecule has 3 amide bonds. The van der Waals surface area contributed by atoms with E-state index in [9.17, 15) is 14.4 Å². The van der Waals surface area contributed by atoms with Crippen LogP contribution in [-0.4, -0.2) is 28.0 Å². The first-order valence-corrected chi connectivity index (χ1v) is 9.86. The third-order valence-corrected chi connectivity index (χ3v) is 5.53. The van der Waals surface area contributed by atoms with Crippen LogP contribution in [0.15, 0.2) is 53.5 Å². The van der Waals surface area contributed by atoms with E-state index in [-0.39, 0.29) is 24.7 Å². The number of benzene rings is 2. The molecule has 3 rings (SSSR count). The lowest BCUT2D eigenvalue weighted by Gasteiger charge is -2.10. The van der Waals surface area contributed by atoms with Crippen molar-refractivity contribution in [3.05, 3.63) is 59.1 Å². The van der Waals surface area contributed by atoms with Crippen LogP contribution in [0, 0.1) is 6.92 Å². The highest BCUT2D eigenvalue weighted by Crippen LogP contribution is 2.28. The summed E-state index contributed by atoms with van der Waals surface area (Å²) in [6.07, 6.45) is -0.0471. The van der Waals surface area contributed by atoms with E-state index < -0.39 is 11.2 Å². The van der Waals surface area contributed by atoms with E-state index in [0.717, 1.165) is 23.0 Å². The summed E-state index contributed by atoms with van der Waals surface area (Å²) >= 11 is 7.17. The van der Waals surface area contributed by atoms with E-state index >= 15 is 0 Å². The van der Waals surface area contributed by atoms with Gasteiger partial charge in [0.25, 0.3) is 5.91 Å². The van der Waals surface area contributed by atoms with Crippen LogP contribution >= 0.6 is 23.4 Å². The summed E-state index contributed by atoms with van der Waals surface area (Å²) in [7, 11) is 0. The zero-order valence-electron chi connectivity index (χ0n) is 15.1. The summed E-state index contributed by atoms with van der Waals surface area (Å²) < 4.78 is 0. The number of nitrogens with one attached hydrogen (secondary N) is 2. The molecule has 1 atom stereocenters. The number of carbonyl (C=O) groups excluding carboxylic acids is 3. The van der Waals surface area contributed by atoms with Gasteiger partial charge in [-0.15, -0.1) is 0 Å². The fourth-order valence-electron chi connectivity index (χ4n) is 2.62. The molecular formula is C20H18ClN3O3S. The monoisotopic (exact) mass is 415 g/mol. The molecule has 0 spiro atoms. The molecule has 2 aromatic carbocycles. The number of aryl methyl sites for hydroxylation is 1. The normalized spacial score (nSPS) is 15.9. The number of carbonyl (C=O) groups is 3. The number of anilines is 2. The van der Waals surface area contributed by atoms with Gasteiger partial charge < -0.3 is 10.6 Å². The lowest BCUT2D eigenvalue weighted by atomic mass is 10.2. The lowest BCUT2D eigenvalue weighted by Crippen LogP contribution is -2.21. The number of hydrogen-bond donors (Lipinski definition) is 2. The lowest BCUT2D eigenvalue weighted by molar-refractivity contribution is -0.121. The van der Waals surface area contributed by atoms with Gasteiger partial charge in [0.2, 0.25) is 11.8 Å². The largest absolute Gasteiger partial charge is 0.325 e. The zero-order chi connectivity index (χ0) is 20.1. The van der Waals surface area contributed by atoms with Gasteiger partial charge in [-0.25, -0.2) is 4.99 Å². The smallest absolute Gasteiger partial charge is 0.260 e. The zero-order valence-corrected chi connectivity index (χ0v) is 16.6. The Kier molecular flexibility index (Phi) is 6.49. The van der Waals surface area contributed by atoms with E-state index in [1.54, 1.807) is 24.3 Å². The second-order valence-corrected chi connectivity index (χ2v) is 7.91. The highest BCUT2D eigenvalue weighted by atomic mass is 35.5. The Hall–Kier alpha value is -2.64. The van der Waals surface area contributed by atoms with Crippen LogP contribution in [0.5, 0.6) is 0 Å². The Balaban J connectivity index is 1.52. The minimum absolute atomic E-state index is 0.00657. The number of halogens is 1. The number of hydrogen-bond acceptors (Lipinski definition) is 4. The first-order chi connectivity index (χ1) is 13.4. The molecule has 0 saturated heterocycles. The Labute approximate surface area is 171 Å². The minimum atomic E-state index is -0.635. The van der Waals surface area contributed by atoms with Crippen molar-refractivity contribution in [1.29, 1.82) is 0 Å². The minimum Gasteiger partial charge on any atom is -0.325 e. The molecule has 0 bridgehead atoms. The standard InChI is InChI=1S/C20H18ClN3O3S/c1-12-6-2-4-8-14(12)22-18(26)11-19-24-20(27)16(28-19)10-17(25)23-15-9-5-3-7-13(15)21/h2-9,16H,10-11H2,1H3,(H,22,26)(H,23,25). The van der Waals surface area contributed by atoms with Crippen LogP contribution in [0.3, 0.4) is 0 Å². The van der Waals surface area contributed by atoms with Crippen molar-refractivity contribution >= 4 is 57.5 Å². The highest BCUT2D eigenvalue weighted by Gasteiger charge is 2.31. The van der Waals surface area contributed by atoms with E-state index in [0.29, 0.717) is 15.8 Å². The molecule has 1 aliphatic heterocycles. The van der Waals surface area contributed by atoms with Gasteiger partial charge in [-0.3, -0.25) is 14.4 Å². The summed E-state index contributed by atoms with van der Waals surface area (Å²) in [5.41, 5.74) is 2.16. The van der Waals surface area contributed by atoms with Gasteiger partial charge in [-0.1, -0.05) is 53.7 Å². The molecule has 8 heteroatoms. The van der Waals surface area contributed by atoms with Crippen LogP contribution in [0.4, 0.5) is 11.4 Å². The molecule has 2 aromatic rings. The van der Waals surface area contributed by atoms with Gasteiger partial charge in [-0.2, -0.15) is 0 Å². The molecule has 0 saturated carbocycles. The maximum absolute atomic E-state index is 12.2. The number of aliphatic imine (C=N–C) groups is 1. The van der Waals surface area contributed by atoms with E-state index in [1.807, 2.05) is 31.2 Å². The van der Waals surface area contributed by atoms with Crippen LogP contribution < -0.4 is 10.6 Å². The number of para-hydroxylation sites is 2. The molecule has 1 unspecified atom stereocenters. The molecule has 28 heavy (non-hydrogen) atoms. The average molecular weight is 416 g/mol. The molecule has 0 radical (unpaired) electrons. The summed E-state index contributed by atoms with van der Waals surface area (Å²) in [5, 5.41) is 5.69. The molecule has 1 heterocycles. The summed E-state index contributed by atoms with van der Waals surface area (Å²) in [4.78, 5) is 40.4. The van der Waals surface area contributed by atoms with Gasteiger partial charge in [0.05, 0.1) is 22.2 Å². The predicted octanol–water partition coefficient (Wildman–Crippen LogP) is 4.05. The SMILES string of the molecule is Cc1ccccc1NC(=O)CC1=NC(=O)C(CC(=O)Nc2ccccc2Cl)S1. The van der Waals surface area contributed by atoms with Gasteiger partial charge >= 0.3 is 0 Å². The van der Waals surface area contributed by atoms with Crippen molar-refractivity contribution in [2.24, 2.45) is 4.99 Å². The molecule has 6 nitrogen and oxygen atoms in total. The van der Waals surface area contributed by atoms with Gasteiger partial charge in [0.1, 0.15) is 5.25 Å². The van der Waals surface area contributed by atoms with Gasteiger partial charge in [-0.05, 0) is 30.7 Å². The van der Waals surface area contributed by atoms with Crippen molar-refractivity contribution in [3.8, 4) is 0 Å². The number of thioether (sulfide) groups is 1.